The number of rotatable bonds is 6. The van der Waals surface area contributed by atoms with E-state index in [1.807, 2.05) is 97.1 Å². The molecule has 0 aliphatic heterocycles. The zero-order chi connectivity index (χ0) is 26.2. The third-order valence-electron chi connectivity index (χ3n) is 5.83. The summed E-state index contributed by atoms with van der Waals surface area (Å²) in [6.45, 7) is 0.320. The number of esters is 1. The van der Waals surface area contributed by atoms with Gasteiger partial charge >= 0.3 is 5.97 Å². The van der Waals surface area contributed by atoms with Gasteiger partial charge in [-0.05, 0) is 35.4 Å². The van der Waals surface area contributed by atoms with E-state index in [2.05, 4.69) is 22.9 Å². The molecule has 0 atom stereocenters. The van der Waals surface area contributed by atoms with E-state index in [1.165, 1.54) is 0 Å². The number of nitriles is 1. The molecule has 182 valence electrons. The lowest BCUT2D eigenvalue weighted by Gasteiger charge is -2.15. The van der Waals surface area contributed by atoms with Crippen LogP contribution in [0, 0.1) is 23.2 Å². The molecule has 1 heterocycles. The van der Waals surface area contributed by atoms with Gasteiger partial charge in [0, 0.05) is 10.9 Å². The van der Waals surface area contributed by atoms with E-state index < -0.39 is 5.97 Å². The Bertz CT molecular complexity index is 1680. The summed E-state index contributed by atoms with van der Waals surface area (Å²) in [5, 5.41) is 10.4. The van der Waals surface area contributed by atoms with Gasteiger partial charge in [-0.2, -0.15) is 5.26 Å². The number of hydrogen-bond donors (Lipinski definition) is 0. The number of nitrogens with zero attached hydrogens (tertiary/aromatic N) is 2. The lowest BCUT2D eigenvalue weighted by molar-refractivity contribution is 0.0465. The third kappa shape index (κ3) is 5.54. The van der Waals surface area contributed by atoms with E-state index in [-0.39, 0.29) is 18.9 Å². The first-order chi connectivity index (χ1) is 18.7. The molecule has 5 nitrogen and oxygen atoms in total. The fourth-order valence-electron chi connectivity index (χ4n) is 3.94. The first-order valence-electron chi connectivity index (χ1n) is 12.0. The molecular formula is C33H22N2O3. The van der Waals surface area contributed by atoms with Crippen molar-refractivity contribution >= 4 is 16.9 Å². The largest absolute Gasteiger partial charge is 0.487 e. The molecule has 5 aromatic rings. The van der Waals surface area contributed by atoms with Crippen LogP contribution in [0.4, 0.5) is 0 Å². The van der Waals surface area contributed by atoms with Crippen LogP contribution < -0.4 is 4.74 Å². The molecule has 0 spiro atoms. The normalized spacial score (nSPS) is 10.2. The smallest absolute Gasteiger partial charge is 0.358 e. The molecule has 0 N–H and O–H groups in total. The van der Waals surface area contributed by atoms with Crippen molar-refractivity contribution in [2.45, 2.75) is 13.2 Å². The lowest BCUT2D eigenvalue weighted by Crippen LogP contribution is -2.12. The molecule has 0 bridgehead atoms. The van der Waals surface area contributed by atoms with Crippen molar-refractivity contribution in [1.29, 1.82) is 5.26 Å². The van der Waals surface area contributed by atoms with Gasteiger partial charge in [0.15, 0.2) is 5.69 Å². The number of pyridine rings is 1. The van der Waals surface area contributed by atoms with Gasteiger partial charge in [0.1, 0.15) is 30.6 Å². The van der Waals surface area contributed by atoms with E-state index in [0.29, 0.717) is 27.8 Å². The second-order valence-corrected chi connectivity index (χ2v) is 8.43. The van der Waals surface area contributed by atoms with Crippen molar-refractivity contribution in [2.24, 2.45) is 0 Å². The Morgan fingerprint density at radius 1 is 0.737 bits per heavy atom. The first-order valence-corrected chi connectivity index (χ1v) is 12.0. The zero-order valence-electron chi connectivity index (χ0n) is 20.4. The quantitative estimate of drug-likeness (QED) is 0.201. The Labute approximate surface area is 220 Å². The van der Waals surface area contributed by atoms with Crippen molar-refractivity contribution in [2.75, 3.05) is 0 Å². The topological polar surface area (TPSA) is 72.2 Å². The van der Waals surface area contributed by atoms with E-state index in [9.17, 15) is 10.1 Å². The Morgan fingerprint density at radius 3 is 2.03 bits per heavy atom. The van der Waals surface area contributed by atoms with E-state index in [4.69, 9.17) is 9.47 Å². The average molecular weight is 495 g/mol. The molecule has 0 unspecified atom stereocenters. The van der Waals surface area contributed by atoms with Gasteiger partial charge in [-0.1, -0.05) is 96.8 Å². The van der Waals surface area contributed by atoms with Crippen LogP contribution >= 0.6 is 0 Å². The SMILES string of the molecule is N#Cc1cccc2c(OCc3ccccc3)c(C#Cc3ccccc3)c(C(=O)OCc3ccccc3)nc12. The van der Waals surface area contributed by atoms with E-state index in [1.54, 1.807) is 12.1 Å². The molecule has 4 aromatic carbocycles. The molecule has 38 heavy (non-hydrogen) atoms. The van der Waals surface area contributed by atoms with Crippen LogP contribution in [0.5, 0.6) is 5.75 Å². The van der Waals surface area contributed by atoms with Gasteiger partial charge in [0.2, 0.25) is 0 Å². The molecule has 5 rings (SSSR count). The van der Waals surface area contributed by atoms with Crippen LogP contribution in [0.3, 0.4) is 0 Å². The molecule has 0 fully saturated rings. The maximum Gasteiger partial charge on any atom is 0.358 e. The van der Waals surface area contributed by atoms with Gasteiger partial charge in [-0.15, -0.1) is 0 Å². The number of benzene rings is 4. The van der Waals surface area contributed by atoms with Crippen LogP contribution in [-0.2, 0) is 18.0 Å². The second kappa shape index (κ2) is 11.6. The summed E-state index contributed by atoms with van der Waals surface area (Å²) < 4.78 is 12.0. The van der Waals surface area contributed by atoms with Gasteiger partial charge in [0.05, 0.1) is 11.1 Å². The van der Waals surface area contributed by atoms with Gasteiger partial charge in [0.25, 0.3) is 0 Å². The van der Waals surface area contributed by atoms with Crippen LogP contribution in [-0.4, -0.2) is 11.0 Å². The predicted molar refractivity (Wildman–Crippen MR) is 145 cm³/mol. The highest BCUT2D eigenvalue weighted by Crippen LogP contribution is 2.33. The Hall–Kier alpha value is -5.39. The van der Waals surface area contributed by atoms with Crippen molar-refractivity contribution in [1.82, 2.24) is 4.98 Å². The van der Waals surface area contributed by atoms with Gasteiger partial charge < -0.3 is 9.47 Å². The van der Waals surface area contributed by atoms with Crippen LogP contribution in [0.15, 0.2) is 109 Å². The molecule has 0 saturated heterocycles. The van der Waals surface area contributed by atoms with E-state index >= 15 is 0 Å². The highest BCUT2D eigenvalue weighted by molar-refractivity contribution is 5.99. The standard InChI is InChI=1S/C33H22N2O3/c34-21-27-17-10-18-28-30(27)35-31(33(36)38-23-26-15-8-3-9-16-26)29(20-19-24-11-4-1-5-12-24)32(28)37-22-25-13-6-2-7-14-25/h1-18H,22-23H2. The second-order valence-electron chi connectivity index (χ2n) is 8.43. The zero-order valence-corrected chi connectivity index (χ0v) is 20.4. The third-order valence-corrected chi connectivity index (χ3v) is 5.83. The highest BCUT2D eigenvalue weighted by Gasteiger charge is 2.23. The summed E-state index contributed by atoms with van der Waals surface area (Å²) in [6, 6.07) is 36.0. The number of ether oxygens (including phenoxy) is 2. The summed E-state index contributed by atoms with van der Waals surface area (Å²) in [7, 11) is 0. The van der Waals surface area contributed by atoms with Crippen molar-refractivity contribution in [3.05, 3.63) is 143 Å². The van der Waals surface area contributed by atoms with Crippen molar-refractivity contribution in [3.8, 4) is 23.7 Å². The summed E-state index contributed by atoms with van der Waals surface area (Å²) in [5.74, 6) is 5.97. The number of carbonyl (C=O) groups is 1. The molecule has 1 aromatic heterocycles. The molecular weight excluding hydrogens is 472 g/mol. The first kappa shape index (κ1) is 24.3. The summed E-state index contributed by atoms with van der Waals surface area (Å²) in [5.41, 5.74) is 3.56. The Morgan fingerprint density at radius 2 is 1.37 bits per heavy atom. The minimum Gasteiger partial charge on any atom is -0.487 e. The average Bonchev–Trinajstić information content (AvgIpc) is 2.98. The number of aromatic nitrogens is 1. The monoisotopic (exact) mass is 494 g/mol. The molecule has 0 radical (unpaired) electrons. The minimum atomic E-state index is -0.648. The maximum atomic E-state index is 13.4. The maximum absolute atomic E-state index is 13.4. The molecule has 0 aliphatic rings. The lowest BCUT2D eigenvalue weighted by atomic mass is 10.0. The predicted octanol–water partition coefficient (Wildman–Crippen LogP) is 6.44. The van der Waals surface area contributed by atoms with Crippen LogP contribution in [0.2, 0.25) is 0 Å². The summed E-state index contributed by atoms with van der Waals surface area (Å²) >= 11 is 0. The fraction of sp³-hybridized carbons (Fsp3) is 0.0606. The Balaban J connectivity index is 1.65. The molecule has 0 saturated carbocycles. The molecule has 0 amide bonds. The van der Waals surface area contributed by atoms with Crippen molar-refractivity contribution < 1.29 is 14.3 Å². The molecule has 5 heteroatoms. The van der Waals surface area contributed by atoms with E-state index in [0.717, 1.165) is 16.7 Å². The molecule has 0 aliphatic carbocycles. The summed E-state index contributed by atoms with van der Waals surface area (Å²) in [4.78, 5) is 18.0. The number of fused-ring (bicyclic) bond motifs is 1. The number of para-hydroxylation sites is 1. The Kier molecular flexibility index (Phi) is 7.40. The van der Waals surface area contributed by atoms with Gasteiger partial charge in [-0.3, -0.25) is 0 Å². The van der Waals surface area contributed by atoms with Gasteiger partial charge in [-0.25, -0.2) is 9.78 Å². The van der Waals surface area contributed by atoms with Crippen molar-refractivity contribution in [3.63, 3.8) is 0 Å². The minimum absolute atomic E-state index is 0.00243. The summed E-state index contributed by atoms with van der Waals surface area (Å²) in [6.07, 6.45) is 0. The number of carbonyl (C=O) groups excluding carboxylic acids is 1. The number of hydrogen-bond acceptors (Lipinski definition) is 5. The highest BCUT2D eigenvalue weighted by atomic mass is 16.5. The fourth-order valence-corrected chi connectivity index (χ4v) is 3.94. The van der Waals surface area contributed by atoms with Crippen LogP contribution in [0.1, 0.15) is 38.3 Å². The van der Waals surface area contributed by atoms with Crippen LogP contribution in [0.25, 0.3) is 10.9 Å².